The lowest BCUT2D eigenvalue weighted by molar-refractivity contribution is 0.132. The van der Waals surface area contributed by atoms with Crippen LogP contribution in [0.3, 0.4) is 0 Å². The molecule has 2 aromatic rings. The summed E-state index contributed by atoms with van der Waals surface area (Å²) >= 11 is 1.86. The first-order chi connectivity index (χ1) is 13.4. The van der Waals surface area contributed by atoms with Gasteiger partial charge in [0.1, 0.15) is 5.82 Å². The topological polar surface area (TPSA) is 32.3 Å². The third kappa shape index (κ3) is 5.43. The Morgan fingerprint density at radius 3 is 2.54 bits per heavy atom. The number of aliphatic hydroxyl groups is 1. The third-order valence-corrected chi connectivity index (χ3v) is 7.23. The second kappa shape index (κ2) is 9.51. The van der Waals surface area contributed by atoms with Crippen LogP contribution in [0.15, 0.2) is 29.6 Å². The summed E-state index contributed by atoms with van der Waals surface area (Å²) in [6.07, 6.45) is 6.96. The average molecular weight is 404 g/mol. The van der Waals surface area contributed by atoms with Crippen LogP contribution in [0, 0.1) is 12.7 Å². The van der Waals surface area contributed by atoms with Gasteiger partial charge in [0.15, 0.2) is 0 Å². The number of hydrogen-bond donors (Lipinski definition) is 2. The number of thiophene rings is 1. The molecule has 0 spiro atoms. The van der Waals surface area contributed by atoms with Crippen LogP contribution in [0.5, 0.6) is 0 Å². The lowest BCUT2D eigenvalue weighted by atomic mass is 9.77. The molecular weight excluding hydrogens is 369 g/mol. The van der Waals surface area contributed by atoms with Crippen molar-refractivity contribution in [1.82, 2.24) is 5.32 Å². The molecule has 0 radical (unpaired) electrons. The van der Waals surface area contributed by atoms with Gasteiger partial charge in [-0.15, -0.1) is 11.3 Å². The summed E-state index contributed by atoms with van der Waals surface area (Å²) in [4.78, 5) is 1.43. The zero-order chi connectivity index (χ0) is 20.1. The second-order valence-electron chi connectivity index (χ2n) is 8.75. The summed E-state index contributed by atoms with van der Waals surface area (Å²) in [5.41, 5.74) is 3.29. The van der Waals surface area contributed by atoms with Gasteiger partial charge in [-0.3, -0.25) is 0 Å². The van der Waals surface area contributed by atoms with Gasteiger partial charge in [0.25, 0.3) is 0 Å². The van der Waals surface area contributed by atoms with E-state index in [4.69, 9.17) is 0 Å². The minimum atomic E-state index is -0.425. The van der Waals surface area contributed by atoms with Crippen molar-refractivity contribution in [1.29, 1.82) is 0 Å². The number of halogens is 1. The number of benzene rings is 1. The SMILES string of the molecule is Cc1cc(F)cc(CCC(O)CNC2(c3csc(C(C)C)c3)CCCCC2)c1. The van der Waals surface area contributed by atoms with E-state index in [-0.39, 0.29) is 11.4 Å². The van der Waals surface area contributed by atoms with Crippen LogP contribution >= 0.6 is 11.3 Å². The van der Waals surface area contributed by atoms with Crippen molar-refractivity contribution in [2.45, 2.75) is 83.3 Å². The first-order valence-electron chi connectivity index (χ1n) is 10.7. The standard InChI is InChI=1S/C24H34FNOS/c1-17(2)23-14-20(16-28-23)24(9-5-4-6-10-24)26-15-22(27)8-7-19-11-18(3)12-21(25)13-19/h11-14,16-17,22,26-27H,4-10,15H2,1-3H3. The van der Waals surface area contributed by atoms with E-state index in [0.717, 1.165) is 24.0 Å². The van der Waals surface area contributed by atoms with Gasteiger partial charge < -0.3 is 10.4 Å². The molecule has 0 amide bonds. The molecule has 0 aliphatic heterocycles. The summed E-state index contributed by atoms with van der Waals surface area (Å²) in [5, 5.41) is 16.6. The van der Waals surface area contributed by atoms with E-state index in [2.05, 4.69) is 30.6 Å². The second-order valence-corrected chi connectivity index (χ2v) is 9.69. The Kier molecular flexibility index (Phi) is 7.30. The van der Waals surface area contributed by atoms with Gasteiger partial charge in [-0.2, -0.15) is 0 Å². The molecule has 1 aromatic heterocycles. The van der Waals surface area contributed by atoms with Gasteiger partial charge in [-0.1, -0.05) is 39.2 Å². The molecule has 154 valence electrons. The molecule has 1 aliphatic carbocycles. The number of rotatable bonds is 8. The van der Waals surface area contributed by atoms with Gasteiger partial charge >= 0.3 is 0 Å². The van der Waals surface area contributed by atoms with Crippen LogP contribution in [-0.2, 0) is 12.0 Å². The minimum Gasteiger partial charge on any atom is -0.392 e. The molecule has 1 unspecified atom stereocenters. The lowest BCUT2D eigenvalue weighted by Gasteiger charge is -2.39. The van der Waals surface area contributed by atoms with Gasteiger partial charge in [0.2, 0.25) is 0 Å². The molecule has 0 bridgehead atoms. The highest BCUT2D eigenvalue weighted by Crippen LogP contribution is 2.40. The molecule has 28 heavy (non-hydrogen) atoms. The summed E-state index contributed by atoms with van der Waals surface area (Å²) in [7, 11) is 0. The molecule has 3 rings (SSSR count). The van der Waals surface area contributed by atoms with Crippen molar-refractivity contribution in [3.63, 3.8) is 0 Å². The van der Waals surface area contributed by atoms with Crippen molar-refractivity contribution in [2.24, 2.45) is 0 Å². The van der Waals surface area contributed by atoms with Gasteiger partial charge in [-0.25, -0.2) is 4.39 Å². The van der Waals surface area contributed by atoms with Crippen LogP contribution in [0.1, 0.15) is 79.9 Å². The zero-order valence-electron chi connectivity index (χ0n) is 17.4. The largest absolute Gasteiger partial charge is 0.392 e. The minimum absolute atomic E-state index is 0.00167. The van der Waals surface area contributed by atoms with E-state index in [9.17, 15) is 9.50 Å². The highest BCUT2D eigenvalue weighted by molar-refractivity contribution is 7.10. The fraction of sp³-hybridized carbons (Fsp3) is 0.583. The normalized spacial score (nSPS) is 17.8. The molecule has 2 N–H and O–H groups in total. The maximum Gasteiger partial charge on any atom is 0.123 e. The molecule has 0 saturated heterocycles. The summed E-state index contributed by atoms with van der Waals surface area (Å²) < 4.78 is 13.6. The summed E-state index contributed by atoms with van der Waals surface area (Å²) in [6, 6.07) is 7.50. The fourth-order valence-corrected chi connectivity index (χ4v) is 5.36. The average Bonchev–Trinajstić information content (AvgIpc) is 3.16. The monoisotopic (exact) mass is 403 g/mol. The smallest absolute Gasteiger partial charge is 0.123 e. The van der Waals surface area contributed by atoms with Crippen LogP contribution in [0.2, 0.25) is 0 Å². The molecule has 4 heteroatoms. The predicted octanol–water partition coefficient (Wildman–Crippen LogP) is 6.06. The van der Waals surface area contributed by atoms with Gasteiger partial charge in [0.05, 0.1) is 6.10 Å². The van der Waals surface area contributed by atoms with Crippen molar-refractivity contribution in [3.8, 4) is 0 Å². The highest BCUT2D eigenvalue weighted by atomic mass is 32.1. The van der Waals surface area contributed by atoms with Crippen LogP contribution in [0.4, 0.5) is 4.39 Å². The van der Waals surface area contributed by atoms with Crippen molar-refractivity contribution in [2.75, 3.05) is 6.54 Å². The number of hydrogen-bond acceptors (Lipinski definition) is 3. The highest BCUT2D eigenvalue weighted by Gasteiger charge is 2.34. The van der Waals surface area contributed by atoms with E-state index in [1.165, 1.54) is 29.7 Å². The number of aliphatic hydroxyl groups excluding tert-OH is 1. The Hall–Kier alpha value is -1.23. The predicted molar refractivity (Wildman–Crippen MR) is 117 cm³/mol. The Balaban J connectivity index is 1.61. The Morgan fingerprint density at radius 2 is 1.89 bits per heavy atom. The Bertz CT molecular complexity index is 743. The molecule has 1 atom stereocenters. The van der Waals surface area contributed by atoms with E-state index in [0.29, 0.717) is 25.3 Å². The van der Waals surface area contributed by atoms with Crippen molar-refractivity contribution in [3.05, 3.63) is 57.0 Å². The Labute approximate surface area is 173 Å². The van der Waals surface area contributed by atoms with Crippen LogP contribution in [-0.4, -0.2) is 17.8 Å². The molecule has 1 aliphatic rings. The third-order valence-electron chi connectivity index (χ3n) is 5.99. The van der Waals surface area contributed by atoms with E-state index in [1.54, 1.807) is 12.1 Å². The van der Waals surface area contributed by atoms with Crippen molar-refractivity contribution < 1.29 is 9.50 Å². The Morgan fingerprint density at radius 1 is 1.14 bits per heavy atom. The van der Waals surface area contributed by atoms with E-state index >= 15 is 0 Å². The lowest BCUT2D eigenvalue weighted by Crippen LogP contribution is -2.46. The van der Waals surface area contributed by atoms with E-state index < -0.39 is 6.10 Å². The van der Waals surface area contributed by atoms with Crippen LogP contribution in [0.25, 0.3) is 0 Å². The van der Waals surface area contributed by atoms with Gasteiger partial charge in [-0.05, 0) is 78.8 Å². The van der Waals surface area contributed by atoms with Crippen molar-refractivity contribution >= 4 is 11.3 Å². The molecule has 1 saturated carbocycles. The summed E-state index contributed by atoms with van der Waals surface area (Å²) in [6.45, 7) is 6.98. The molecule has 1 fully saturated rings. The maximum atomic E-state index is 13.6. The number of aryl methyl sites for hydroxylation is 2. The van der Waals surface area contributed by atoms with Crippen LogP contribution < -0.4 is 5.32 Å². The molecule has 2 nitrogen and oxygen atoms in total. The fourth-order valence-electron chi connectivity index (χ4n) is 4.33. The first-order valence-corrected chi connectivity index (χ1v) is 11.5. The molecule has 1 heterocycles. The summed E-state index contributed by atoms with van der Waals surface area (Å²) in [5.74, 6) is 0.363. The maximum absolute atomic E-state index is 13.6. The number of nitrogens with one attached hydrogen (secondary N) is 1. The van der Waals surface area contributed by atoms with Gasteiger partial charge in [0, 0.05) is 17.0 Å². The molecule has 1 aromatic carbocycles. The first kappa shape index (κ1) is 21.5. The molecular formula is C24H34FNOS. The quantitative estimate of drug-likeness (QED) is 0.561. The zero-order valence-corrected chi connectivity index (χ0v) is 18.2. The van der Waals surface area contributed by atoms with E-state index in [1.807, 2.05) is 24.3 Å².